The Kier molecular flexibility index (Phi) is 5.26. The molecule has 0 fully saturated rings. The molecule has 8 heteroatoms. The molecule has 0 aliphatic rings. The minimum absolute atomic E-state index is 0.0318. The summed E-state index contributed by atoms with van der Waals surface area (Å²) in [6.07, 6.45) is -8.66. The molecule has 0 bridgehead atoms. The van der Waals surface area contributed by atoms with Crippen molar-refractivity contribution in [2.75, 3.05) is 0 Å². The van der Waals surface area contributed by atoms with Crippen LogP contribution in [0.4, 0.5) is 26.3 Å². The summed E-state index contributed by atoms with van der Waals surface area (Å²) in [7, 11) is 0. The fourth-order valence-corrected chi connectivity index (χ4v) is 1.90. The quantitative estimate of drug-likeness (QED) is 0.620. The van der Waals surface area contributed by atoms with E-state index in [1.807, 2.05) is 0 Å². The lowest BCUT2D eigenvalue weighted by molar-refractivity contribution is -0.144. The number of aliphatic carboxylic acids is 1. The maximum Gasteiger partial charge on any atom is 0.416 e. The van der Waals surface area contributed by atoms with E-state index in [1.54, 1.807) is 0 Å². The number of carbonyl (C=O) groups is 1. The largest absolute Gasteiger partial charge is 0.481 e. The minimum atomic E-state index is -5.00. The lowest BCUT2D eigenvalue weighted by Gasteiger charge is -2.17. The monoisotopic (exact) mass is 326 g/mol. The van der Waals surface area contributed by atoms with Crippen molar-refractivity contribution in [3.05, 3.63) is 47.5 Å². The first-order valence-electron chi connectivity index (χ1n) is 6.10. The van der Waals surface area contributed by atoms with Crippen molar-refractivity contribution in [2.45, 2.75) is 31.1 Å². The molecule has 22 heavy (non-hydrogen) atoms. The molecule has 0 unspecified atom stereocenters. The van der Waals surface area contributed by atoms with Gasteiger partial charge in [0, 0.05) is 0 Å². The molecule has 0 saturated heterocycles. The summed E-state index contributed by atoms with van der Waals surface area (Å²) >= 11 is 0. The zero-order valence-electron chi connectivity index (χ0n) is 11.1. The molecule has 0 radical (unpaired) electrons. The van der Waals surface area contributed by atoms with E-state index in [-0.39, 0.29) is 18.9 Å². The topological polar surface area (TPSA) is 37.3 Å². The Labute approximate surface area is 122 Å². The van der Waals surface area contributed by atoms with Crippen LogP contribution < -0.4 is 0 Å². The van der Waals surface area contributed by atoms with Crippen LogP contribution in [0.15, 0.2) is 30.9 Å². The summed E-state index contributed by atoms with van der Waals surface area (Å²) < 4.78 is 76.3. The molecular weight excluding hydrogens is 314 g/mol. The van der Waals surface area contributed by atoms with E-state index >= 15 is 0 Å². The number of rotatable bonds is 5. The van der Waals surface area contributed by atoms with Gasteiger partial charge in [-0.2, -0.15) is 26.3 Å². The zero-order chi connectivity index (χ0) is 17.1. The number of hydrogen-bond acceptors (Lipinski definition) is 1. The van der Waals surface area contributed by atoms with Gasteiger partial charge in [0.15, 0.2) is 0 Å². The molecule has 0 saturated carbocycles. The molecule has 0 heterocycles. The zero-order valence-corrected chi connectivity index (χ0v) is 11.1. The van der Waals surface area contributed by atoms with Crippen LogP contribution in [0.1, 0.15) is 35.4 Å². The van der Waals surface area contributed by atoms with Crippen LogP contribution in [0.2, 0.25) is 0 Å². The summed E-state index contributed by atoms with van der Waals surface area (Å²) in [5.74, 6) is -2.96. The number of benzene rings is 1. The highest BCUT2D eigenvalue weighted by molar-refractivity contribution is 5.76. The number of halogens is 6. The first kappa shape index (κ1) is 18.1. The highest BCUT2D eigenvalue weighted by atomic mass is 19.4. The van der Waals surface area contributed by atoms with Gasteiger partial charge in [0.05, 0.1) is 17.0 Å². The molecule has 0 spiro atoms. The third kappa shape index (κ3) is 4.51. The van der Waals surface area contributed by atoms with Crippen molar-refractivity contribution < 1.29 is 36.2 Å². The molecular formula is C14H12F6O2. The molecule has 0 aliphatic carbocycles. The Hall–Kier alpha value is -1.99. The molecule has 122 valence electrons. The molecule has 1 aromatic rings. The third-order valence-corrected chi connectivity index (χ3v) is 2.97. The van der Waals surface area contributed by atoms with Gasteiger partial charge in [0.1, 0.15) is 0 Å². The highest BCUT2D eigenvalue weighted by Crippen LogP contribution is 2.38. The standard InChI is InChI=1S/C14H12F6O2/c1-2-3-4-11(12(21)22)8-5-9(13(15,16)17)7-10(6-8)14(18,19)20/h2,5-7,11H,1,3-4H2,(H,21,22)/t11-/m0/s1. The van der Waals surface area contributed by atoms with Crippen molar-refractivity contribution >= 4 is 5.97 Å². The molecule has 2 nitrogen and oxygen atoms in total. The van der Waals surface area contributed by atoms with Gasteiger partial charge in [-0.1, -0.05) is 6.08 Å². The fraction of sp³-hybridized carbons (Fsp3) is 0.357. The summed E-state index contributed by atoms with van der Waals surface area (Å²) in [5.41, 5.74) is -3.58. The second-order valence-corrected chi connectivity index (χ2v) is 4.60. The van der Waals surface area contributed by atoms with Crippen LogP contribution >= 0.6 is 0 Å². The summed E-state index contributed by atoms with van der Waals surface area (Å²) in [6.45, 7) is 3.35. The van der Waals surface area contributed by atoms with Crippen LogP contribution in [-0.2, 0) is 17.1 Å². The lowest BCUT2D eigenvalue weighted by Crippen LogP contribution is -2.16. The van der Waals surface area contributed by atoms with E-state index in [0.29, 0.717) is 12.1 Å². The SMILES string of the molecule is C=CCC[C@H](C(=O)O)c1cc(C(F)(F)F)cc(C(F)(F)F)c1. The van der Waals surface area contributed by atoms with E-state index in [2.05, 4.69) is 6.58 Å². The van der Waals surface area contributed by atoms with Gasteiger partial charge in [-0.3, -0.25) is 4.79 Å². The van der Waals surface area contributed by atoms with Crippen molar-refractivity contribution in [3.8, 4) is 0 Å². The summed E-state index contributed by atoms with van der Waals surface area (Å²) in [5, 5.41) is 9.04. The average Bonchev–Trinajstić information content (AvgIpc) is 2.36. The van der Waals surface area contributed by atoms with Crippen LogP contribution in [0.3, 0.4) is 0 Å². The molecule has 0 aliphatic heterocycles. The predicted octanol–water partition coefficient (Wildman–Crippen LogP) is 4.86. The van der Waals surface area contributed by atoms with Crippen molar-refractivity contribution in [3.63, 3.8) is 0 Å². The van der Waals surface area contributed by atoms with Crippen molar-refractivity contribution in [1.29, 1.82) is 0 Å². The fourth-order valence-electron chi connectivity index (χ4n) is 1.90. The maximum absolute atomic E-state index is 12.7. The molecule has 1 atom stereocenters. The number of alkyl halides is 6. The Bertz CT molecular complexity index is 527. The summed E-state index contributed by atoms with van der Waals surface area (Å²) in [6, 6.07) is 0.851. The lowest BCUT2D eigenvalue weighted by atomic mass is 9.91. The van der Waals surface area contributed by atoms with Crippen LogP contribution in [-0.4, -0.2) is 11.1 Å². The Morgan fingerprint density at radius 2 is 1.55 bits per heavy atom. The summed E-state index contributed by atoms with van der Waals surface area (Å²) in [4.78, 5) is 11.1. The number of carboxylic acid groups (broad SMARTS) is 1. The van der Waals surface area contributed by atoms with Gasteiger partial charge in [0.2, 0.25) is 0 Å². The minimum Gasteiger partial charge on any atom is -0.481 e. The van der Waals surface area contributed by atoms with Gasteiger partial charge in [0.25, 0.3) is 0 Å². The Balaban J connectivity index is 3.44. The van der Waals surface area contributed by atoms with E-state index in [9.17, 15) is 31.1 Å². The maximum atomic E-state index is 12.7. The van der Waals surface area contributed by atoms with Crippen molar-refractivity contribution in [2.24, 2.45) is 0 Å². The van der Waals surface area contributed by atoms with Crippen LogP contribution in [0.5, 0.6) is 0 Å². The average molecular weight is 326 g/mol. The van der Waals surface area contributed by atoms with Gasteiger partial charge in [-0.15, -0.1) is 6.58 Å². The van der Waals surface area contributed by atoms with E-state index in [0.717, 1.165) is 0 Å². The highest BCUT2D eigenvalue weighted by Gasteiger charge is 2.38. The molecule has 1 rings (SSSR count). The Morgan fingerprint density at radius 3 is 1.86 bits per heavy atom. The molecule has 1 N–H and O–H groups in total. The second-order valence-electron chi connectivity index (χ2n) is 4.60. The number of allylic oxidation sites excluding steroid dienone is 1. The molecule has 0 aromatic heterocycles. The van der Waals surface area contributed by atoms with Gasteiger partial charge >= 0.3 is 18.3 Å². The van der Waals surface area contributed by atoms with E-state index < -0.39 is 40.9 Å². The van der Waals surface area contributed by atoms with Crippen molar-refractivity contribution in [1.82, 2.24) is 0 Å². The van der Waals surface area contributed by atoms with E-state index in [1.165, 1.54) is 6.08 Å². The smallest absolute Gasteiger partial charge is 0.416 e. The predicted molar refractivity (Wildman–Crippen MR) is 66.3 cm³/mol. The Morgan fingerprint density at radius 1 is 1.09 bits per heavy atom. The first-order valence-corrected chi connectivity index (χ1v) is 6.10. The molecule has 0 amide bonds. The third-order valence-electron chi connectivity index (χ3n) is 2.97. The number of carboxylic acids is 1. The first-order chi connectivity index (χ1) is 9.96. The van der Waals surface area contributed by atoms with Crippen LogP contribution in [0.25, 0.3) is 0 Å². The van der Waals surface area contributed by atoms with Gasteiger partial charge in [-0.25, -0.2) is 0 Å². The second kappa shape index (κ2) is 6.41. The number of hydrogen-bond donors (Lipinski definition) is 1. The molecule has 1 aromatic carbocycles. The van der Waals surface area contributed by atoms with Gasteiger partial charge in [-0.05, 0) is 36.6 Å². The van der Waals surface area contributed by atoms with Gasteiger partial charge < -0.3 is 5.11 Å². The normalized spacial score (nSPS) is 13.7. The van der Waals surface area contributed by atoms with Crippen LogP contribution in [0, 0.1) is 0 Å². The van der Waals surface area contributed by atoms with E-state index in [4.69, 9.17) is 5.11 Å².